The first-order valence-corrected chi connectivity index (χ1v) is 6.25. The van der Waals surface area contributed by atoms with Gasteiger partial charge in [-0.1, -0.05) is 55.4 Å². The molecule has 1 atom stereocenters. The quantitative estimate of drug-likeness (QED) is 0.662. The van der Waals surface area contributed by atoms with Crippen molar-refractivity contribution in [2.75, 3.05) is 0 Å². The molecule has 0 spiro atoms. The Hall–Kier alpha value is 0.470. The van der Waals surface area contributed by atoms with E-state index in [0.29, 0.717) is 0 Å². The second kappa shape index (κ2) is 4.64. The summed E-state index contributed by atoms with van der Waals surface area (Å²) in [7, 11) is 0. The maximum atomic E-state index is 2.42. The predicted molar refractivity (Wildman–Crippen MR) is 63.5 cm³/mol. The van der Waals surface area contributed by atoms with Crippen LogP contribution in [0.3, 0.4) is 0 Å². The zero-order valence-electron chi connectivity index (χ0n) is 8.15. The van der Waals surface area contributed by atoms with Crippen molar-refractivity contribution >= 4 is 22.6 Å². The lowest BCUT2D eigenvalue weighted by atomic mass is 9.59. The molecule has 70 valence electrons. The molecule has 0 N–H and O–H groups in total. The van der Waals surface area contributed by atoms with Crippen LogP contribution in [0.15, 0.2) is 10.2 Å². The topological polar surface area (TPSA) is 0 Å². The highest BCUT2D eigenvalue weighted by Gasteiger charge is 2.39. The van der Waals surface area contributed by atoms with E-state index in [9.17, 15) is 0 Å². The molecule has 0 radical (unpaired) electrons. The van der Waals surface area contributed by atoms with Gasteiger partial charge in [0, 0.05) is 0 Å². The molecule has 1 aliphatic carbocycles. The Morgan fingerprint density at radius 2 is 2.17 bits per heavy atom. The van der Waals surface area contributed by atoms with Gasteiger partial charge in [0.15, 0.2) is 0 Å². The number of hydrogen-bond donors (Lipinski definition) is 0. The molecule has 0 nitrogen and oxygen atoms in total. The van der Waals surface area contributed by atoms with Crippen molar-refractivity contribution in [3.05, 3.63) is 10.2 Å². The molecular weight excluding hydrogens is 259 g/mol. The summed E-state index contributed by atoms with van der Waals surface area (Å²) in [6.45, 7) is 4.77. The van der Waals surface area contributed by atoms with Crippen LogP contribution in [0.1, 0.15) is 46.0 Å². The van der Waals surface area contributed by atoms with E-state index in [-0.39, 0.29) is 0 Å². The van der Waals surface area contributed by atoms with Gasteiger partial charge in [-0.05, 0) is 34.7 Å². The largest absolute Gasteiger partial charge is 0.0782 e. The van der Waals surface area contributed by atoms with Gasteiger partial charge >= 0.3 is 0 Å². The van der Waals surface area contributed by atoms with Gasteiger partial charge in [-0.2, -0.15) is 0 Å². The zero-order valence-corrected chi connectivity index (χ0v) is 10.3. The SMILES string of the molecule is CCC1(C(C)C/C=C/I)CCC1. The highest BCUT2D eigenvalue weighted by molar-refractivity contribution is 14.1. The van der Waals surface area contributed by atoms with Crippen LogP contribution >= 0.6 is 22.6 Å². The van der Waals surface area contributed by atoms with Crippen LogP contribution in [0.4, 0.5) is 0 Å². The molecule has 0 bridgehead atoms. The second-order valence-electron chi connectivity index (χ2n) is 4.07. The van der Waals surface area contributed by atoms with E-state index < -0.39 is 0 Å². The Morgan fingerprint density at radius 1 is 1.50 bits per heavy atom. The molecule has 1 unspecified atom stereocenters. The molecule has 0 saturated heterocycles. The average Bonchev–Trinajstić information content (AvgIpc) is 2.00. The minimum absolute atomic E-state index is 0.718. The van der Waals surface area contributed by atoms with Crippen molar-refractivity contribution in [3.63, 3.8) is 0 Å². The normalized spacial score (nSPS) is 23.9. The van der Waals surface area contributed by atoms with Gasteiger partial charge in [-0.25, -0.2) is 0 Å². The third kappa shape index (κ3) is 2.04. The van der Waals surface area contributed by atoms with Crippen LogP contribution in [0.5, 0.6) is 0 Å². The van der Waals surface area contributed by atoms with Crippen molar-refractivity contribution in [2.24, 2.45) is 11.3 Å². The minimum Gasteiger partial charge on any atom is -0.0782 e. The van der Waals surface area contributed by atoms with Gasteiger partial charge in [0.1, 0.15) is 0 Å². The summed E-state index contributed by atoms with van der Waals surface area (Å²) in [5, 5.41) is 0. The first kappa shape index (κ1) is 10.6. The first-order valence-electron chi connectivity index (χ1n) is 5.00. The van der Waals surface area contributed by atoms with E-state index in [4.69, 9.17) is 0 Å². The molecule has 0 aromatic heterocycles. The summed E-state index contributed by atoms with van der Waals surface area (Å²) in [5.74, 6) is 0.891. The Balaban J connectivity index is 2.42. The van der Waals surface area contributed by atoms with Crippen molar-refractivity contribution < 1.29 is 0 Å². The zero-order chi connectivity index (χ0) is 9.03. The van der Waals surface area contributed by atoms with E-state index in [0.717, 1.165) is 11.3 Å². The molecule has 1 heteroatoms. The molecule has 0 aromatic carbocycles. The average molecular weight is 278 g/mol. The van der Waals surface area contributed by atoms with E-state index >= 15 is 0 Å². The highest BCUT2D eigenvalue weighted by Crippen LogP contribution is 2.50. The lowest BCUT2D eigenvalue weighted by Crippen LogP contribution is -2.35. The first-order chi connectivity index (χ1) is 5.75. The summed E-state index contributed by atoms with van der Waals surface area (Å²) in [6.07, 6.45) is 9.37. The van der Waals surface area contributed by atoms with Gasteiger partial charge in [0.05, 0.1) is 0 Å². The Morgan fingerprint density at radius 3 is 2.50 bits per heavy atom. The lowest BCUT2D eigenvalue weighted by Gasteiger charge is -2.46. The standard InChI is InChI=1S/C11H19I/c1-3-11(7-5-8-11)10(2)6-4-9-12/h4,9-10H,3,5-8H2,1-2H3/b9-4+. The van der Waals surface area contributed by atoms with E-state index in [1.807, 2.05) is 0 Å². The van der Waals surface area contributed by atoms with Gasteiger partial charge in [0.25, 0.3) is 0 Å². The van der Waals surface area contributed by atoms with Crippen LogP contribution in [-0.2, 0) is 0 Å². The number of hydrogen-bond acceptors (Lipinski definition) is 0. The van der Waals surface area contributed by atoms with Crippen LogP contribution in [0.25, 0.3) is 0 Å². The Labute approximate surface area is 90.0 Å². The summed E-state index contributed by atoms with van der Waals surface area (Å²) in [6, 6.07) is 0. The highest BCUT2D eigenvalue weighted by atomic mass is 127. The number of halogens is 1. The Bertz CT molecular complexity index is 151. The number of rotatable bonds is 4. The number of allylic oxidation sites excluding steroid dienone is 1. The molecule has 12 heavy (non-hydrogen) atoms. The maximum absolute atomic E-state index is 2.42. The van der Waals surface area contributed by atoms with Crippen LogP contribution in [0, 0.1) is 11.3 Å². The van der Waals surface area contributed by atoms with E-state index in [1.54, 1.807) is 0 Å². The van der Waals surface area contributed by atoms with Gasteiger partial charge in [-0.3, -0.25) is 0 Å². The third-order valence-corrected chi connectivity index (χ3v) is 4.19. The predicted octanol–water partition coefficient (Wildman–Crippen LogP) is 4.54. The van der Waals surface area contributed by atoms with Crippen LogP contribution in [0.2, 0.25) is 0 Å². The van der Waals surface area contributed by atoms with Crippen molar-refractivity contribution in [2.45, 2.75) is 46.0 Å². The summed E-state index contributed by atoms with van der Waals surface area (Å²) in [4.78, 5) is 0. The Kier molecular flexibility index (Phi) is 4.08. The molecule has 1 saturated carbocycles. The van der Waals surface area contributed by atoms with Gasteiger partial charge < -0.3 is 0 Å². The van der Waals surface area contributed by atoms with Crippen molar-refractivity contribution in [1.82, 2.24) is 0 Å². The van der Waals surface area contributed by atoms with Crippen LogP contribution in [-0.4, -0.2) is 0 Å². The molecule has 0 aromatic rings. The smallest absolute Gasteiger partial charge is 0.0271 e. The lowest BCUT2D eigenvalue weighted by molar-refractivity contribution is 0.0552. The summed E-state index contributed by atoms with van der Waals surface area (Å²) >= 11 is 2.31. The second-order valence-corrected chi connectivity index (χ2v) is 4.79. The molecule has 1 rings (SSSR count). The molecule has 0 heterocycles. The van der Waals surface area contributed by atoms with Crippen LogP contribution < -0.4 is 0 Å². The maximum Gasteiger partial charge on any atom is -0.0271 e. The molecule has 0 aliphatic heterocycles. The van der Waals surface area contributed by atoms with Gasteiger partial charge in [0.2, 0.25) is 0 Å². The monoisotopic (exact) mass is 278 g/mol. The molecular formula is C11H19I. The van der Waals surface area contributed by atoms with Crippen molar-refractivity contribution in [3.8, 4) is 0 Å². The fourth-order valence-corrected chi connectivity index (χ4v) is 2.62. The van der Waals surface area contributed by atoms with E-state index in [2.05, 4.69) is 46.6 Å². The summed E-state index contributed by atoms with van der Waals surface area (Å²) in [5.41, 5.74) is 0.718. The molecule has 0 amide bonds. The molecule has 1 aliphatic rings. The fraction of sp³-hybridized carbons (Fsp3) is 0.818. The van der Waals surface area contributed by atoms with Crippen molar-refractivity contribution in [1.29, 1.82) is 0 Å². The van der Waals surface area contributed by atoms with Gasteiger partial charge in [-0.15, -0.1) is 0 Å². The summed E-state index contributed by atoms with van der Waals surface area (Å²) < 4.78 is 2.15. The fourth-order valence-electron chi connectivity index (χ4n) is 2.33. The van der Waals surface area contributed by atoms with E-state index in [1.165, 1.54) is 32.1 Å². The minimum atomic E-state index is 0.718. The molecule has 1 fully saturated rings. The third-order valence-electron chi connectivity index (χ3n) is 3.68.